The minimum atomic E-state index is -0.764. The zero-order valence-electron chi connectivity index (χ0n) is 20.9. The van der Waals surface area contributed by atoms with Crippen LogP contribution in [0, 0.1) is 27.6 Å². The van der Waals surface area contributed by atoms with Crippen molar-refractivity contribution in [3.8, 4) is 6.07 Å². The van der Waals surface area contributed by atoms with Gasteiger partial charge in [-0.2, -0.15) is 5.26 Å². The average molecular weight is 451 g/mol. The second-order valence-electron chi connectivity index (χ2n) is 13.2. The molecule has 0 aliphatic heterocycles. The molecule has 4 fully saturated rings. The van der Waals surface area contributed by atoms with Crippen molar-refractivity contribution < 1.29 is 5.11 Å². The number of rotatable bonds is 1. The molecule has 7 N–H and O–H groups in total. The Hall–Kier alpha value is -1.45. The zero-order chi connectivity index (χ0) is 24.1. The number of fused-ring (bicyclic) bond motifs is 5. The van der Waals surface area contributed by atoms with Gasteiger partial charge in [0.1, 0.15) is 0 Å². The Morgan fingerprint density at radius 3 is 2.27 bits per heavy atom. The molecule has 4 aliphatic rings. The van der Waals surface area contributed by atoms with E-state index in [2.05, 4.69) is 39.0 Å². The Morgan fingerprint density at radius 1 is 0.879 bits per heavy atom. The fraction of sp³-hybridized carbons (Fsp3) is 0.750. The van der Waals surface area contributed by atoms with E-state index in [0.29, 0.717) is 25.2 Å². The summed E-state index contributed by atoms with van der Waals surface area (Å²) < 4.78 is 0. The molecule has 0 aromatic heterocycles. The molecule has 4 aliphatic carbocycles. The molecule has 5 heteroatoms. The lowest BCUT2D eigenvalue weighted by Gasteiger charge is -2.76. The minimum absolute atomic E-state index is 0.0282. The maximum Gasteiger partial charge on any atom is 0.0991 e. The van der Waals surface area contributed by atoms with Crippen molar-refractivity contribution >= 4 is 0 Å². The molecule has 0 spiro atoms. The highest BCUT2D eigenvalue weighted by atomic mass is 16.3. The molecule has 4 saturated carbocycles. The standard InChI is InChI=1S/C28H42N4O/c1-22(33)10-14-28(32)25(4)12-11-23(2)21(20-7-5-6-19(16-20)17-29)8-9-24(23,3)27(25,31)15-13-26(28,30)18-22/h5-7,16,21,33H,8-15,18,30-32H2,1-4H3/t21?,22-,23-,24-,25+,26+,27?,28+/m1/s1. The molecule has 5 rings (SSSR count). The van der Waals surface area contributed by atoms with Crippen molar-refractivity contribution in [3.05, 3.63) is 35.4 Å². The fourth-order valence-electron chi connectivity index (χ4n) is 9.68. The van der Waals surface area contributed by atoms with E-state index in [0.717, 1.165) is 44.1 Å². The van der Waals surface area contributed by atoms with Crippen LogP contribution in [0.5, 0.6) is 0 Å². The van der Waals surface area contributed by atoms with Gasteiger partial charge in [-0.3, -0.25) is 0 Å². The molecule has 0 saturated heterocycles. The Morgan fingerprint density at radius 2 is 1.58 bits per heavy atom. The van der Waals surface area contributed by atoms with Crippen molar-refractivity contribution in [2.45, 2.75) is 114 Å². The van der Waals surface area contributed by atoms with Crippen LogP contribution in [-0.4, -0.2) is 27.3 Å². The van der Waals surface area contributed by atoms with Crippen LogP contribution in [0.4, 0.5) is 0 Å². The van der Waals surface area contributed by atoms with Crippen LogP contribution < -0.4 is 17.2 Å². The highest BCUT2D eigenvalue weighted by molar-refractivity contribution is 5.40. The molecular formula is C28H42N4O. The molecule has 8 atom stereocenters. The van der Waals surface area contributed by atoms with Crippen molar-refractivity contribution in [1.82, 2.24) is 0 Å². The summed E-state index contributed by atoms with van der Waals surface area (Å²) in [4.78, 5) is 0. The number of nitrogens with two attached hydrogens (primary N) is 3. The molecule has 1 aromatic carbocycles. The van der Waals surface area contributed by atoms with E-state index in [1.54, 1.807) is 0 Å². The Kier molecular flexibility index (Phi) is 4.66. The molecular weight excluding hydrogens is 408 g/mol. The first-order valence-electron chi connectivity index (χ1n) is 12.8. The number of nitriles is 1. The summed E-state index contributed by atoms with van der Waals surface area (Å²) in [5.74, 6) is 0.381. The lowest BCUT2D eigenvalue weighted by atomic mass is 9.32. The van der Waals surface area contributed by atoms with Gasteiger partial charge < -0.3 is 22.3 Å². The lowest BCUT2D eigenvalue weighted by molar-refractivity contribution is -0.209. The van der Waals surface area contributed by atoms with Gasteiger partial charge in [-0.1, -0.05) is 32.9 Å². The average Bonchev–Trinajstić information content (AvgIpc) is 3.04. The zero-order valence-corrected chi connectivity index (χ0v) is 20.9. The topological polar surface area (TPSA) is 122 Å². The monoisotopic (exact) mass is 450 g/mol. The summed E-state index contributed by atoms with van der Waals surface area (Å²) in [5, 5.41) is 20.4. The maximum absolute atomic E-state index is 10.9. The van der Waals surface area contributed by atoms with E-state index >= 15 is 0 Å². The van der Waals surface area contributed by atoms with Crippen LogP contribution in [0.2, 0.25) is 0 Å². The molecule has 0 heterocycles. The van der Waals surface area contributed by atoms with Gasteiger partial charge in [0.15, 0.2) is 0 Å². The third-order valence-electron chi connectivity index (χ3n) is 12.1. The summed E-state index contributed by atoms with van der Waals surface area (Å²) in [7, 11) is 0. The van der Waals surface area contributed by atoms with E-state index < -0.39 is 22.2 Å². The molecule has 0 radical (unpaired) electrons. The van der Waals surface area contributed by atoms with E-state index in [1.807, 2.05) is 19.1 Å². The van der Waals surface area contributed by atoms with Crippen LogP contribution in [0.15, 0.2) is 24.3 Å². The first-order chi connectivity index (χ1) is 15.2. The van der Waals surface area contributed by atoms with Crippen molar-refractivity contribution in [2.75, 3.05) is 0 Å². The predicted molar refractivity (Wildman–Crippen MR) is 131 cm³/mol. The number of nitrogens with zero attached hydrogens (tertiary/aromatic N) is 1. The predicted octanol–water partition coefficient (Wildman–Crippen LogP) is 4.07. The number of hydrogen-bond acceptors (Lipinski definition) is 5. The third-order valence-corrected chi connectivity index (χ3v) is 12.1. The van der Waals surface area contributed by atoms with Gasteiger partial charge in [-0.25, -0.2) is 0 Å². The Bertz CT molecular complexity index is 1030. The lowest BCUT2D eigenvalue weighted by Crippen LogP contribution is -2.88. The molecule has 180 valence electrons. The van der Waals surface area contributed by atoms with Crippen molar-refractivity contribution in [2.24, 2.45) is 33.4 Å². The van der Waals surface area contributed by atoms with Crippen molar-refractivity contribution in [1.29, 1.82) is 5.26 Å². The van der Waals surface area contributed by atoms with Crippen LogP contribution in [0.25, 0.3) is 0 Å². The quantitative estimate of drug-likeness (QED) is 0.514. The third kappa shape index (κ3) is 2.56. The van der Waals surface area contributed by atoms with Crippen LogP contribution >= 0.6 is 0 Å². The summed E-state index contributed by atoms with van der Waals surface area (Å²) >= 11 is 0. The van der Waals surface area contributed by atoms with E-state index in [-0.39, 0.29) is 16.2 Å². The summed E-state index contributed by atoms with van der Waals surface area (Å²) in [6.45, 7) is 9.09. The minimum Gasteiger partial charge on any atom is -0.390 e. The van der Waals surface area contributed by atoms with E-state index in [1.165, 1.54) is 5.56 Å². The molecule has 0 amide bonds. The van der Waals surface area contributed by atoms with Crippen molar-refractivity contribution in [3.63, 3.8) is 0 Å². The van der Waals surface area contributed by atoms with Crippen LogP contribution in [0.1, 0.15) is 103 Å². The van der Waals surface area contributed by atoms with E-state index in [4.69, 9.17) is 17.2 Å². The van der Waals surface area contributed by atoms with Gasteiger partial charge in [0, 0.05) is 22.0 Å². The number of benzene rings is 1. The van der Waals surface area contributed by atoms with Gasteiger partial charge in [0.2, 0.25) is 0 Å². The Balaban J connectivity index is 1.59. The summed E-state index contributed by atoms with van der Waals surface area (Å²) in [6.07, 6.45) is 7.66. The maximum atomic E-state index is 10.9. The first-order valence-corrected chi connectivity index (χ1v) is 12.8. The van der Waals surface area contributed by atoms with Gasteiger partial charge in [0.25, 0.3) is 0 Å². The largest absolute Gasteiger partial charge is 0.390 e. The number of aliphatic hydroxyl groups is 1. The molecule has 33 heavy (non-hydrogen) atoms. The molecule has 1 aromatic rings. The second kappa shape index (κ2) is 6.61. The molecule has 2 unspecified atom stereocenters. The van der Waals surface area contributed by atoms with Gasteiger partial charge in [-0.15, -0.1) is 0 Å². The highest BCUT2D eigenvalue weighted by Gasteiger charge is 2.78. The van der Waals surface area contributed by atoms with Crippen LogP contribution in [-0.2, 0) is 0 Å². The summed E-state index contributed by atoms with van der Waals surface area (Å²) in [6, 6.07) is 10.5. The normalized spacial score (nSPS) is 53.5. The van der Waals surface area contributed by atoms with Gasteiger partial charge in [0.05, 0.1) is 17.2 Å². The number of hydrogen-bond donors (Lipinski definition) is 4. The summed E-state index contributed by atoms with van der Waals surface area (Å²) in [5.41, 5.74) is 21.4. The fourth-order valence-corrected chi connectivity index (χ4v) is 9.68. The molecule has 0 bridgehead atoms. The Labute approximate surface area is 199 Å². The highest BCUT2D eigenvalue weighted by Crippen LogP contribution is 2.77. The van der Waals surface area contributed by atoms with Crippen LogP contribution in [0.3, 0.4) is 0 Å². The molecule has 5 nitrogen and oxygen atoms in total. The first kappa shape index (κ1) is 23.3. The van der Waals surface area contributed by atoms with Gasteiger partial charge in [-0.05, 0) is 99.2 Å². The van der Waals surface area contributed by atoms with E-state index in [9.17, 15) is 10.4 Å². The SMILES string of the molecule is C[C@@]1(O)CC[C@@]2(N)[C@](N)(CCC3(N)[C@]2(C)CC[C@]2(C)C(c4cccc(C#N)c4)CC[C@@]32C)C1. The van der Waals surface area contributed by atoms with Gasteiger partial charge >= 0.3 is 0 Å². The smallest absolute Gasteiger partial charge is 0.0991 e. The second-order valence-corrected chi connectivity index (χ2v) is 13.2.